The summed E-state index contributed by atoms with van der Waals surface area (Å²) in [6.45, 7) is 14.5. The second-order valence-electron chi connectivity index (χ2n) is 10.3. The number of aliphatic carboxylic acids is 2. The Hall–Kier alpha value is -3.95. The second-order valence-corrected chi connectivity index (χ2v) is 10.3. The van der Waals surface area contributed by atoms with Crippen LogP contribution in [-0.4, -0.2) is 34.6 Å². The van der Waals surface area contributed by atoms with E-state index >= 15 is 0 Å². The molecular weight excluding hydrogens is 591 g/mol. The Morgan fingerprint density at radius 1 is 0.721 bits per heavy atom. The average molecular weight is 634 g/mol. The number of carboxylic acids is 2. The predicted octanol–water partition coefficient (Wildman–Crippen LogP) is 5.48. The van der Waals surface area contributed by atoms with E-state index in [-0.39, 0.29) is 40.1 Å². The van der Waals surface area contributed by atoms with Crippen molar-refractivity contribution in [3.05, 3.63) is 81.9 Å². The molecule has 0 fully saturated rings. The Morgan fingerprint density at radius 3 is 1.33 bits per heavy atom. The maximum atomic E-state index is 10.7. The van der Waals surface area contributed by atoms with Gasteiger partial charge in [0.1, 0.15) is 11.5 Å². The number of aromatic hydroxyl groups is 2. The van der Waals surface area contributed by atoms with Gasteiger partial charge in [-0.1, -0.05) is 59.7 Å². The van der Waals surface area contributed by atoms with Crippen molar-refractivity contribution in [1.82, 2.24) is 0 Å². The fourth-order valence-electron chi connectivity index (χ4n) is 3.92. The molecule has 1 radical (unpaired) electrons. The number of carboxylic acid groups (broad SMARTS) is 2. The van der Waals surface area contributed by atoms with Gasteiger partial charge >= 0.3 is 16.8 Å². The van der Waals surface area contributed by atoms with Crippen LogP contribution in [0.25, 0.3) is 0 Å². The molecule has 0 aromatic heterocycles. The van der Waals surface area contributed by atoms with E-state index in [9.17, 15) is 10.2 Å². The zero-order valence-electron chi connectivity index (χ0n) is 26.1. The Kier molecular flexibility index (Phi) is 17.5. The van der Waals surface area contributed by atoms with Crippen LogP contribution >= 0.6 is 0 Å². The third-order valence-corrected chi connectivity index (χ3v) is 6.05. The summed E-state index contributed by atoms with van der Waals surface area (Å²) in [5, 5.41) is 39.2. The smallest absolute Gasteiger partial charge is 0.550 e. The van der Waals surface area contributed by atoms with E-state index in [0.29, 0.717) is 0 Å². The molecule has 0 saturated heterocycles. The first-order valence-electron chi connectivity index (χ1n) is 13.9. The van der Waals surface area contributed by atoms with E-state index < -0.39 is 11.9 Å². The van der Waals surface area contributed by atoms with Crippen LogP contribution in [0.1, 0.15) is 101 Å². The van der Waals surface area contributed by atoms with Gasteiger partial charge in [-0.05, 0) is 91.1 Å². The summed E-state index contributed by atoms with van der Waals surface area (Å²) < 4.78 is 0. The van der Waals surface area contributed by atoms with E-state index in [1.165, 1.54) is 11.1 Å². The van der Waals surface area contributed by atoms with Crippen LogP contribution in [0.5, 0.6) is 11.5 Å². The maximum absolute atomic E-state index is 10.7. The zero-order chi connectivity index (χ0) is 32.0. The largest absolute Gasteiger partial charge is 2.00 e. The van der Waals surface area contributed by atoms with Crippen LogP contribution in [0, 0.1) is 0 Å². The van der Waals surface area contributed by atoms with Gasteiger partial charge in [0.2, 0.25) is 0 Å². The molecule has 0 saturated carbocycles. The molecule has 3 aromatic rings. The van der Waals surface area contributed by atoms with Crippen molar-refractivity contribution in [3.63, 3.8) is 0 Å². The van der Waals surface area contributed by atoms with Crippen molar-refractivity contribution >= 4 is 35.7 Å². The Balaban J connectivity index is 0.00000174. The molecule has 0 spiro atoms. The number of phenols is 2. The minimum atomic E-state index is -1.08. The number of rotatable bonds is 8. The first-order chi connectivity index (χ1) is 19.7. The normalized spacial score (nSPS) is 10.7. The molecule has 233 valence electrons. The Labute approximate surface area is 265 Å². The van der Waals surface area contributed by atoms with E-state index in [1.807, 2.05) is 36.4 Å². The number of phenolic OH excluding ortho intramolecular Hbond substituents is 2. The van der Waals surface area contributed by atoms with Gasteiger partial charge in [0.25, 0.3) is 0 Å². The summed E-state index contributed by atoms with van der Waals surface area (Å²) in [6, 6.07) is 15.7. The molecule has 0 aliphatic rings. The molecule has 8 nitrogen and oxygen atoms in total. The van der Waals surface area contributed by atoms with E-state index in [0.717, 1.165) is 60.3 Å². The standard InChI is InChI=1S/C30H36N2O2.2C2H4O2.Co/c1-7-21-12-23(29(33)27(14-21)19(3)4)17-31-25-10-9-11-26(16-25)32-18-24-13-22(8-2)15-28(20(5)6)30(24)34;2*1-2(3)4;/h9-20,33-34H,7-8H2,1-6H3;2*1H3,(H,3,4);/q;;;+2/p-2. The Morgan fingerprint density at radius 2 is 1.05 bits per heavy atom. The van der Waals surface area contributed by atoms with Gasteiger partial charge in [-0.2, -0.15) is 0 Å². The third kappa shape index (κ3) is 13.7. The van der Waals surface area contributed by atoms with E-state index in [4.69, 9.17) is 19.8 Å². The summed E-state index contributed by atoms with van der Waals surface area (Å²) >= 11 is 0. The number of hydrogen-bond donors (Lipinski definition) is 2. The van der Waals surface area contributed by atoms with Crippen molar-refractivity contribution in [3.8, 4) is 11.5 Å². The summed E-state index contributed by atoms with van der Waals surface area (Å²) in [4.78, 5) is 27.0. The number of carbonyl (C=O) groups is 2. The molecule has 0 aliphatic heterocycles. The van der Waals surface area contributed by atoms with Crippen molar-refractivity contribution in [2.75, 3.05) is 0 Å². The molecule has 0 unspecified atom stereocenters. The molecule has 3 rings (SSSR count). The number of carbonyl (C=O) groups excluding carboxylic acids is 2. The molecule has 0 heterocycles. The maximum Gasteiger partial charge on any atom is 2.00 e. The van der Waals surface area contributed by atoms with Crippen LogP contribution in [0.2, 0.25) is 0 Å². The van der Waals surface area contributed by atoms with Crippen molar-refractivity contribution in [2.45, 2.75) is 80.1 Å². The first-order valence-corrected chi connectivity index (χ1v) is 13.9. The van der Waals surface area contributed by atoms with Crippen LogP contribution in [-0.2, 0) is 39.2 Å². The van der Waals surface area contributed by atoms with E-state index in [1.54, 1.807) is 12.4 Å². The number of benzene rings is 3. The molecule has 0 amide bonds. The molecule has 9 heteroatoms. The van der Waals surface area contributed by atoms with Gasteiger partial charge in [-0.3, -0.25) is 9.98 Å². The van der Waals surface area contributed by atoms with Crippen molar-refractivity contribution < 1.29 is 46.8 Å². The molecular formula is C34H42CoN2O6. The topological polar surface area (TPSA) is 145 Å². The Bertz CT molecular complexity index is 1300. The molecule has 2 N–H and O–H groups in total. The van der Waals surface area contributed by atoms with Crippen LogP contribution in [0.15, 0.2) is 58.5 Å². The monoisotopic (exact) mass is 633 g/mol. The summed E-state index contributed by atoms with van der Waals surface area (Å²) in [5.74, 6) is -1.12. The SMILES string of the molecule is CC(=O)[O-].CC(=O)[O-].CCc1cc(C=Nc2cccc(N=Cc3cc(CC)cc(C(C)C)c3O)c2)c(O)c(C(C)C)c1.[Co+2]. The minimum absolute atomic E-state index is 0. The number of aliphatic imine (C=N–C) groups is 2. The molecule has 43 heavy (non-hydrogen) atoms. The third-order valence-electron chi connectivity index (χ3n) is 6.05. The van der Waals surface area contributed by atoms with Gasteiger partial charge in [0.05, 0.1) is 11.4 Å². The second kappa shape index (κ2) is 19.3. The van der Waals surface area contributed by atoms with Crippen LogP contribution in [0.4, 0.5) is 11.4 Å². The number of nitrogens with zero attached hydrogens (tertiary/aromatic N) is 2. The molecule has 3 aromatic carbocycles. The molecule has 0 atom stereocenters. The summed E-state index contributed by atoms with van der Waals surface area (Å²) in [6.07, 6.45) is 5.23. The van der Waals surface area contributed by atoms with Gasteiger partial charge in [-0.25, -0.2) is 0 Å². The fraction of sp³-hybridized carbons (Fsp3) is 0.353. The fourth-order valence-corrected chi connectivity index (χ4v) is 3.92. The van der Waals surface area contributed by atoms with Gasteiger partial charge in [0, 0.05) is 35.5 Å². The predicted molar refractivity (Wildman–Crippen MR) is 165 cm³/mol. The van der Waals surface area contributed by atoms with Crippen LogP contribution < -0.4 is 10.2 Å². The van der Waals surface area contributed by atoms with Crippen molar-refractivity contribution in [1.29, 1.82) is 0 Å². The first kappa shape index (κ1) is 39.0. The quantitative estimate of drug-likeness (QED) is 0.314. The van der Waals surface area contributed by atoms with Gasteiger partial charge < -0.3 is 30.0 Å². The molecule has 0 bridgehead atoms. The van der Waals surface area contributed by atoms with E-state index in [2.05, 4.69) is 63.7 Å². The van der Waals surface area contributed by atoms with Crippen molar-refractivity contribution in [2.24, 2.45) is 9.98 Å². The van der Waals surface area contributed by atoms with Crippen LogP contribution in [0.3, 0.4) is 0 Å². The average Bonchev–Trinajstić information content (AvgIpc) is 2.91. The zero-order valence-corrected chi connectivity index (χ0v) is 27.1. The number of hydrogen-bond acceptors (Lipinski definition) is 8. The summed E-state index contributed by atoms with van der Waals surface area (Å²) in [7, 11) is 0. The van der Waals surface area contributed by atoms with Gasteiger partial charge in [0.15, 0.2) is 0 Å². The summed E-state index contributed by atoms with van der Waals surface area (Å²) in [5.41, 5.74) is 7.17. The molecule has 0 aliphatic carbocycles. The number of aryl methyl sites for hydroxylation is 2. The van der Waals surface area contributed by atoms with Gasteiger partial charge in [-0.15, -0.1) is 0 Å². The minimum Gasteiger partial charge on any atom is -0.550 e.